The van der Waals surface area contributed by atoms with E-state index in [9.17, 15) is 9.90 Å². The van der Waals surface area contributed by atoms with E-state index < -0.39 is 6.10 Å². The lowest BCUT2D eigenvalue weighted by Crippen LogP contribution is -2.48. The second-order valence-electron chi connectivity index (χ2n) is 6.55. The average molecular weight is 316 g/mol. The number of H-pyrrole nitrogens is 1. The third kappa shape index (κ3) is 3.47. The fourth-order valence-electron chi connectivity index (χ4n) is 3.03. The SMILES string of the molecule is CC(C)C(NC(=O)N1CCCC(O)C1)c1nc2ccccc2[nH]1. The number of β-amino-alcohol motifs (C(OH)–C–C–N with tert-alkyl or cyclic N) is 1. The highest BCUT2D eigenvalue weighted by atomic mass is 16.3. The Morgan fingerprint density at radius 1 is 1.43 bits per heavy atom. The summed E-state index contributed by atoms with van der Waals surface area (Å²) < 4.78 is 0. The van der Waals surface area contributed by atoms with Crippen LogP contribution in [-0.4, -0.2) is 45.2 Å². The van der Waals surface area contributed by atoms with Crippen LogP contribution in [0.5, 0.6) is 0 Å². The molecule has 6 nitrogen and oxygen atoms in total. The van der Waals surface area contributed by atoms with Gasteiger partial charge in [0.1, 0.15) is 5.82 Å². The number of carbonyl (C=O) groups is 1. The molecule has 0 spiro atoms. The number of nitrogens with zero attached hydrogens (tertiary/aromatic N) is 2. The Kier molecular flexibility index (Phi) is 4.52. The topological polar surface area (TPSA) is 81.2 Å². The number of aliphatic hydroxyl groups is 1. The molecule has 3 N–H and O–H groups in total. The van der Waals surface area contributed by atoms with Crippen molar-refractivity contribution in [1.82, 2.24) is 20.2 Å². The number of imidazole rings is 1. The first-order chi connectivity index (χ1) is 11.0. The molecule has 1 saturated heterocycles. The first-order valence-corrected chi connectivity index (χ1v) is 8.22. The Labute approximate surface area is 135 Å². The molecule has 1 aliphatic heterocycles. The van der Waals surface area contributed by atoms with E-state index in [0.29, 0.717) is 13.1 Å². The van der Waals surface area contributed by atoms with E-state index in [1.165, 1.54) is 0 Å². The number of amides is 2. The number of aromatic amines is 1. The molecule has 1 fully saturated rings. The van der Waals surface area contributed by atoms with Gasteiger partial charge in [-0.25, -0.2) is 9.78 Å². The van der Waals surface area contributed by atoms with Crippen LogP contribution in [0.15, 0.2) is 24.3 Å². The largest absolute Gasteiger partial charge is 0.391 e. The molecule has 2 atom stereocenters. The van der Waals surface area contributed by atoms with Gasteiger partial charge in [0.15, 0.2) is 0 Å². The van der Waals surface area contributed by atoms with Crippen molar-refractivity contribution in [3.05, 3.63) is 30.1 Å². The van der Waals surface area contributed by atoms with Gasteiger partial charge in [0, 0.05) is 13.1 Å². The average Bonchev–Trinajstić information content (AvgIpc) is 2.95. The molecule has 124 valence electrons. The zero-order valence-electron chi connectivity index (χ0n) is 13.6. The molecule has 3 rings (SSSR count). The molecule has 0 aliphatic carbocycles. The standard InChI is InChI=1S/C17H24N4O2/c1-11(2)15(16-18-13-7-3-4-8-14(13)19-16)20-17(23)21-9-5-6-12(22)10-21/h3-4,7-8,11-12,15,22H,5-6,9-10H2,1-2H3,(H,18,19)(H,20,23). The van der Waals surface area contributed by atoms with Crippen molar-refractivity contribution in [1.29, 1.82) is 0 Å². The molecule has 23 heavy (non-hydrogen) atoms. The van der Waals surface area contributed by atoms with E-state index >= 15 is 0 Å². The molecule has 2 aromatic rings. The molecule has 0 bridgehead atoms. The summed E-state index contributed by atoms with van der Waals surface area (Å²) in [4.78, 5) is 22.1. The number of carbonyl (C=O) groups excluding carboxylic acids is 1. The normalized spacial score (nSPS) is 20.0. The first-order valence-electron chi connectivity index (χ1n) is 8.22. The summed E-state index contributed by atoms with van der Waals surface area (Å²) in [5, 5.41) is 12.8. The number of fused-ring (bicyclic) bond motifs is 1. The zero-order valence-corrected chi connectivity index (χ0v) is 13.6. The molecule has 2 heterocycles. The Bertz CT molecular complexity index is 649. The van der Waals surface area contributed by atoms with Gasteiger partial charge >= 0.3 is 6.03 Å². The van der Waals surface area contributed by atoms with Crippen molar-refractivity contribution in [3.8, 4) is 0 Å². The summed E-state index contributed by atoms with van der Waals surface area (Å²) in [5.41, 5.74) is 1.87. The minimum atomic E-state index is -0.418. The lowest BCUT2D eigenvalue weighted by atomic mass is 10.0. The van der Waals surface area contributed by atoms with Gasteiger partial charge in [-0.1, -0.05) is 26.0 Å². The minimum absolute atomic E-state index is 0.136. The van der Waals surface area contributed by atoms with E-state index in [2.05, 4.69) is 29.1 Å². The molecular weight excluding hydrogens is 292 g/mol. The molecule has 0 radical (unpaired) electrons. The second-order valence-corrected chi connectivity index (χ2v) is 6.55. The van der Waals surface area contributed by atoms with Crippen molar-refractivity contribution in [3.63, 3.8) is 0 Å². The van der Waals surface area contributed by atoms with Crippen LogP contribution in [0, 0.1) is 5.92 Å². The molecular formula is C17H24N4O2. The Morgan fingerprint density at radius 3 is 2.91 bits per heavy atom. The summed E-state index contributed by atoms with van der Waals surface area (Å²) in [6.45, 7) is 5.21. The number of rotatable bonds is 3. The van der Waals surface area contributed by atoms with Crippen LogP contribution in [0.1, 0.15) is 38.6 Å². The summed E-state index contributed by atoms with van der Waals surface area (Å²) in [6.07, 6.45) is 1.19. The Morgan fingerprint density at radius 2 is 2.22 bits per heavy atom. The number of para-hydroxylation sites is 2. The molecule has 6 heteroatoms. The molecule has 1 aromatic heterocycles. The van der Waals surface area contributed by atoms with Crippen molar-refractivity contribution in [2.24, 2.45) is 5.92 Å². The zero-order chi connectivity index (χ0) is 16.4. The van der Waals surface area contributed by atoms with Gasteiger partial charge < -0.3 is 20.3 Å². The van der Waals surface area contributed by atoms with Gasteiger partial charge in [-0.3, -0.25) is 0 Å². The quantitative estimate of drug-likeness (QED) is 0.813. The summed E-state index contributed by atoms with van der Waals surface area (Å²) in [7, 11) is 0. The van der Waals surface area contributed by atoms with Crippen LogP contribution in [0.4, 0.5) is 4.79 Å². The molecule has 2 amide bonds. The lowest BCUT2D eigenvalue weighted by Gasteiger charge is -2.32. The maximum Gasteiger partial charge on any atom is 0.318 e. The van der Waals surface area contributed by atoms with Crippen molar-refractivity contribution < 1.29 is 9.90 Å². The summed E-state index contributed by atoms with van der Waals surface area (Å²) >= 11 is 0. The Hall–Kier alpha value is -2.08. The molecule has 1 aromatic carbocycles. The van der Waals surface area contributed by atoms with Crippen LogP contribution in [0.2, 0.25) is 0 Å². The van der Waals surface area contributed by atoms with E-state index in [4.69, 9.17) is 0 Å². The highest BCUT2D eigenvalue weighted by Crippen LogP contribution is 2.23. The van der Waals surface area contributed by atoms with E-state index in [0.717, 1.165) is 29.7 Å². The van der Waals surface area contributed by atoms with Gasteiger partial charge in [0.05, 0.1) is 23.2 Å². The number of aliphatic hydroxyl groups excluding tert-OH is 1. The highest BCUT2D eigenvalue weighted by molar-refractivity contribution is 5.76. The highest BCUT2D eigenvalue weighted by Gasteiger charge is 2.27. The number of hydrogen-bond acceptors (Lipinski definition) is 3. The van der Waals surface area contributed by atoms with Crippen LogP contribution in [0.25, 0.3) is 11.0 Å². The predicted octanol–water partition coefficient (Wildman–Crippen LogP) is 2.43. The van der Waals surface area contributed by atoms with Gasteiger partial charge in [-0.05, 0) is 30.9 Å². The fourth-order valence-corrected chi connectivity index (χ4v) is 3.03. The number of urea groups is 1. The number of aromatic nitrogens is 2. The van der Waals surface area contributed by atoms with Crippen LogP contribution < -0.4 is 5.32 Å². The predicted molar refractivity (Wildman–Crippen MR) is 89.0 cm³/mol. The van der Waals surface area contributed by atoms with Gasteiger partial charge in [0.25, 0.3) is 0 Å². The van der Waals surface area contributed by atoms with Crippen LogP contribution >= 0.6 is 0 Å². The molecule has 2 unspecified atom stereocenters. The van der Waals surface area contributed by atoms with Gasteiger partial charge in [0.2, 0.25) is 0 Å². The van der Waals surface area contributed by atoms with Crippen molar-refractivity contribution in [2.45, 2.75) is 38.8 Å². The number of hydrogen-bond donors (Lipinski definition) is 3. The van der Waals surface area contributed by atoms with Crippen molar-refractivity contribution in [2.75, 3.05) is 13.1 Å². The number of nitrogens with one attached hydrogen (secondary N) is 2. The summed E-state index contributed by atoms with van der Waals surface area (Å²) in [6, 6.07) is 7.52. The summed E-state index contributed by atoms with van der Waals surface area (Å²) in [5.74, 6) is 0.973. The Balaban J connectivity index is 1.77. The third-order valence-corrected chi connectivity index (χ3v) is 4.33. The maximum atomic E-state index is 12.5. The molecule has 1 aliphatic rings. The van der Waals surface area contributed by atoms with Gasteiger partial charge in [-0.2, -0.15) is 0 Å². The minimum Gasteiger partial charge on any atom is -0.391 e. The monoisotopic (exact) mass is 316 g/mol. The lowest BCUT2D eigenvalue weighted by molar-refractivity contribution is 0.0825. The third-order valence-electron chi connectivity index (χ3n) is 4.33. The number of benzene rings is 1. The second kappa shape index (κ2) is 6.58. The smallest absolute Gasteiger partial charge is 0.318 e. The number of likely N-dealkylation sites (tertiary alicyclic amines) is 1. The first kappa shape index (κ1) is 15.8. The van der Waals surface area contributed by atoms with E-state index in [1.54, 1.807) is 4.90 Å². The molecule has 0 saturated carbocycles. The van der Waals surface area contributed by atoms with Crippen LogP contribution in [-0.2, 0) is 0 Å². The van der Waals surface area contributed by atoms with Crippen LogP contribution in [0.3, 0.4) is 0 Å². The van der Waals surface area contributed by atoms with E-state index in [1.807, 2.05) is 24.3 Å². The number of piperidine rings is 1. The van der Waals surface area contributed by atoms with E-state index in [-0.39, 0.29) is 18.0 Å². The van der Waals surface area contributed by atoms with Crippen molar-refractivity contribution >= 4 is 17.1 Å². The fraction of sp³-hybridized carbons (Fsp3) is 0.529. The maximum absolute atomic E-state index is 12.5. The van der Waals surface area contributed by atoms with Gasteiger partial charge in [-0.15, -0.1) is 0 Å².